The van der Waals surface area contributed by atoms with Gasteiger partial charge in [-0.3, -0.25) is 14.5 Å². The second-order valence-corrected chi connectivity index (χ2v) is 5.87. The van der Waals surface area contributed by atoms with Gasteiger partial charge in [-0.05, 0) is 25.8 Å². The molecule has 1 aliphatic rings. The molecule has 0 aromatic carbocycles. The number of nitrogens with zero attached hydrogens (tertiary/aromatic N) is 1. The fourth-order valence-electron chi connectivity index (χ4n) is 2.64. The van der Waals surface area contributed by atoms with Gasteiger partial charge in [0.2, 0.25) is 5.91 Å². The molecule has 0 radical (unpaired) electrons. The summed E-state index contributed by atoms with van der Waals surface area (Å²) in [5.74, 6) is -0.737. The Morgan fingerprint density at radius 1 is 1.37 bits per heavy atom. The van der Waals surface area contributed by atoms with Crippen LogP contribution in [0.15, 0.2) is 0 Å². The first-order chi connectivity index (χ1) is 8.90. The van der Waals surface area contributed by atoms with E-state index in [1.807, 2.05) is 0 Å². The number of amides is 1. The van der Waals surface area contributed by atoms with Crippen molar-refractivity contribution < 1.29 is 14.7 Å². The van der Waals surface area contributed by atoms with E-state index in [4.69, 9.17) is 5.11 Å². The lowest BCUT2D eigenvalue weighted by atomic mass is 9.86. The van der Waals surface area contributed by atoms with Gasteiger partial charge in [0.15, 0.2) is 0 Å². The van der Waals surface area contributed by atoms with E-state index in [9.17, 15) is 9.59 Å². The lowest BCUT2D eigenvalue weighted by Crippen LogP contribution is -2.45. The standard InChI is InChI=1S/C14H26N2O3/c1-10-6-4-5-7-12(10)15-13(17)9-16(3)8-11(2)14(18)19/h10-12H,4-9H2,1-3H3,(H,15,17)(H,18,19). The van der Waals surface area contributed by atoms with Crippen molar-refractivity contribution >= 4 is 11.9 Å². The van der Waals surface area contributed by atoms with Crippen molar-refractivity contribution in [2.75, 3.05) is 20.1 Å². The summed E-state index contributed by atoms with van der Waals surface area (Å²) in [7, 11) is 1.78. The topological polar surface area (TPSA) is 69.6 Å². The van der Waals surface area contributed by atoms with Gasteiger partial charge in [0.05, 0.1) is 12.5 Å². The van der Waals surface area contributed by atoms with E-state index in [0.717, 1.165) is 6.42 Å². The van der Waals surface area contributed by atoms with Gasteiger partial charge in [-0.2, -0.15) is 0 Å². The Kier molecular flexibility index (Phi) is 6.28. The lowest BCUT2D eigenvalue weighted by Gasteiger charge is -2.30. The molecule has 3 atom stereocenters. The van der Waals surface area contributed by atoms with Crippen LogP contribution in [-0.4, -0.2) is 48.1 Å². The second kappa shape index (κ2) is 7.48. The number of carboxylic acids is 1. The maximum Gasteiger partial charge on any atom is 0.307 e. The van der Waals surface area contributed by atoms with Crippen LogP contribution in [0.5, 0.6) is 0 Å². The molecule has 110 valence electrons. The number of carbonyl (C=O) groups is 2. The van der Waals surface area contributed by atoms with Crippen LogP contribution in [0, 0.1) is 11.8 Å². The highest BCUT2D eigenvalue weighted by Crippen LogP contribution is 2.23. The quantitative estimate of drug-likeness (QED) is 0.764. The average molecular weight is 270 g/mol. The van der Waals surface area contributed by atoms with Crippen molar-refractivity contribution in [3.8, 4) is 0 Å². The van der Waals surface area contributed by atoms with Gasteiger partial charge in [0.1, 0.15) is 0 Å². The summed E-state index contributed by atoms with van der Waals surface area (Å²) in [5, 5.41) is 11.9. The van der Waals surface area contributed by atoms with Crippen LogP contribution in [0.1, 0.15) is 39.5 Å². The van der Waals surface area contributed by atoms with Gasteiger partial charge in [0.25, 0.3) is 0 Å². The van der Waals surface area contributed by atoms with Crippen molar-refractivity contribution in [1.82, 2.24) is 10.2 Å². The number of nitrogens with one attached hydrogen (secondary N) is 1. The van der Waals surface area contributed by atoms with Gasteiger partial charge in [0, 0.05) is 12.6 Å². The number of likely N-dealkylation sites (N-methyl/N-ethyl adjacent to an activating group) is 1. The third kappa shape index (κ3) is 5.59. The summed E-state index contributed by atoms with van der Waals surface area (Å²) in [6.45, 7) is 4.49. The zero-order valence-corrected chi connectivity index (χ0v) is 12.2. The molecule has 0 heterocycles. The van der Waals surface area contributed by atoms with E-state index >= 15 is 0 Å². The van der Waals surface area contributed by atoms with Crippen LogP contribution < -0.4 is 5.32 Å². The molecule has 0 aliphatic heterocycles. The van der Waals surface area contributed by atoms with Gasteiger partial charge >= 0.3 is 5.97 Å². The van der Waals surface area contributed by atoms with E-state index in [0.29, 0.717) is 12.5 Å². The Morgan fingerprint density at radius 2 is 2.00 bits per heavy atom. The molecule has 19 heavy (non-hydrogen) atoms. The van der Waals surface area contributed by atoms with Crippen LogP contribution in [-0.2, 0) is 9.59 Å². The third-order valence-electron chi connectivity index (χ3n) is 3.88. The number of carbonyl (C=O) groups excluding carboxylic acids is 1. The van der Waals surface area contributed by atoms with E-state index < -0.39 is 11.9 Å². The molecule has 1 aliphatic carbocycles. The van der Waals surface area contributed by atoms with Crippen LogP contribution >= 0.6 is 0 Å². The molecule has 1 rings (SSSR count). The molecule has 0 bridgehead atoms. The highest BCUT2D eigenvalue weighted by atomic mass is 16.4. The van der Waals surface area contributed by atoms with Crippen molar-refractivity contribution in [1.29, 1.82) is 0 Å². The van der Waals surface area contributed by atoms with E-state index in [1.165, 1.54) is 19.3 Å². The van der Waals surface area contributed by atoms with E-state index in [1.54, 1.807) is 18.9 Å². The summed E-state index contributed by atoms with van der Waals surface area (Å²) in [5.41, 5.74) is 0. The predicted molar refractivity (Wildman–Crippen MR) is 73.9 cm³/mol. The zero-order chi connectivity index (χ0) is 14.4. The van der Waals surface area contributed by atoms with Crippen LogP contribution in [0.3, 0.4) is 0 Å². The molecule has 5 heteroatoms. The molecular formula is C14H26N2O3. The maximum atomic E-state index is 11.9. The molecule has 0 saturated heterocycles. The average Bonchev–Trinajstić information content (AvgIpc) is 2.31. The predicted octanol–water partition coefficient (Wildman–Crippen LogP) is 1.33. The lowest BCUT2D eigenvalue weighted by molar-refractivity contribution is -0.142. The summed E-state index contributed by atoms with van der Waals surface area (Å²) in [4.78, 5) is 24.4. The van der Waals surface area contributed by atoms with Crippen LogP contribution in [0.4, 0.5) is 0 Å². The van der Waals surface area contributed by atoms with Crippen molar-refractivity contribution in [2.24, 2.45) is 11.8 Å². The summed E-state index contributed by atoms with van der Waals surface area (Å²) in [6.07, 6.45) is 4.67. The normalized spacial score (nSPS) is 25.1. The number of hydrogen-bond acceptors (Lipinski definition) is 3. The molecule has 1 fully saturated rings. The molecule has 2 N–H and O–H groups in total. The summed E-state index contributed by atoms with van der Waals surface area (Å²) >= 11 is 0. The number of hydrogen-bond donors (Lipinski definition) is 2. The number of carboxylic acid groups (broad SMARTS) is 1. The van der Waals surface area contributed by atoms with Crippen molar-refractivity contribution in [3.05, 3.63) is 0 Å². The van der Waals surface area contributed by atoms with E-state index in [-0.39, 0.29) is 18.5 Å². The summed E-state index contributed by atoms with van der Waals surface area (Å²) < 4.78 is 0. The van der Waals surface area contributed by atoms with Gasteiger partial charge in [-0.15, -0.1) is 0 Å². The van der Waals surface area contributed by atoms with Crippen molar-refractivity contribution in [3.63, 3.8) is 0 Å². The highest BCUT2D eigenvalue weighted by molar-refractivity contribution is 5.78. The fraction of sp³-hybridized carbons (Fsp3) is 0.857. The molecule has 1 amide bonds. The largest absolute Gasteiger partial charge is 0.481 e. The van der Waals surface area contributed by atoms with Gasteiger partial charge in [-0.25, -0.2) is 0 Å². The Bertz CT molecular complexity index is 320. The third-order valence-corrected chi connectivity index (χ3v) is 3.88. The first-order valence-electron chi connectivity index (χ1n) is 7.11. The summed E-state index contributed by atoms with van der Waals surface area (Å²) in [6, 6.07) is 0.284. The highest BCUT2D eigenvalue weighted by Gasteiger charge is 2.23. The fourth-order valence-corrected chi connectivity index (χ4v) is 2.64. The minimum Gasteiger partial charge on any atom is -0.481 e. The Labute approximate surface area is 115 Å². The SMILES string of the molecule is CC(CN(C)CC(=O)NC1CCCCC1C)C(=O)O. The Balaban J connectivity index is 2.31. The van der Waals surface area contributed by atoms with Crippen molar-refractivity contribution in [2.45, 2.75) is 45.6 Å². The molecule has 1 saturated carbocycles. The van der Waals surface area contributed by atoms with Gasteiger partial charge in [-0.1, -0.05) is 26.7 Å². The molecular weight excluding hydrogens is 244 g/mol. The minimum absolute atomic E-state index is 0.00108. The van der Waals surface area contributed by atoms with Gasteiger partial charge < -0.3 is 10.4 Å². The monoisotopic (exact) mass is 270 g/mol. The molecule has 3 unspecified atom stereocenters. The maximum absolute atomic E-state index is 11.9. The Hall–Kier alpha value is -1.10. The smallest absolute Gasteiger partial charge is 0.307 e. The second-order valence-electron chi connectivity index (χ2n) is 5.87. The zero-order valence-electron chi connectivity index (χ0n) is 12.2. The molecule has 0 aromatic heterocycles. The van der Waals surface area contributed by atoms with Crippen LogP contribution in [0.2, 0.25) is 0 Å². The molecule has 0 spiro atoms. The molecule has 0 aromatic rings. The van der Waals surface area contributed by atoms with Crippen LogP contribution in [0.25, 0.3) is 0 Å². The van der Waals surface area contributed by atoms with E-state index in [2.05, 4.69) is 12.2 Å². The minimum atomic E-state index is -0.826. The number of rotatable bonds is 6. The molecule has 5 nitrogen and oxygen atoms in total. The first kappa shape index (κ1) is 16.0. The Morgan fingerprint density at radius 3 is 2.58 bits per heavy atom. The first-order valence-corrected chi connectivity index (χ1v) is 7.11. The number of aliphatic carboxylic acids is 1.